The molecule has 0 aromatic heterocycles. The number of phosphoric ester groups is 1. The molecule has 0 aromatic carbocycles. The fourth-order valence-corrected chi connectivity index (χ4v) is 6.13. The minimum absolute atomic E-state index is 0.178. The number of unbranched alkanes of at least 4 members (excludes halogenated alkanes) is 21. The highest BCUT2D eigenvalue weighted by Crippen LogP contribution is 2.43. The molecule has 0 heterocycles. The molecule has 0 aliphatic rings. The van der Waals surface area contributed by atoms with Crippen LogP contribution < -0.4 is 0 Å². The van der Waals surface area contributed by atoms with Crippen LogP contribution in [0.15, 0.2) is 12.2 Å². The molecule has 0 aromatic rings. The number of aliphatic hydroxyl groups excluding tert-OH is 2. The van der Waals surface area contributed by atoms with Gasteiger partial charge in [-0.25, -0.2) is 4.57 Å². The average Bonchev–Trinajstić information content (AvgIpc) is 3.09. The molecule has 3 atom stereocenters. The first-order valence-corrected chi connectivity index (χ1v) is 21.1. The molecule has 0 aliphatic heterocycles. The minimum Gasteiger partial charge on any atom is -0.462 e. The molecule has 11 heteroatoms. The summed E-state index contributed by atoms with van der Waals surface area (Å²) in [5.41, 5.74) is 0. The molecule has 0 fully saturated rings. The maximum atomic E-state index is 12.5. The van der Waals surface area contributed by atoms with E-state index in [9.17, 15) is 24.2 Å². The number of phosphoric acid groups is 1. The lowest BCUT2D eigenvalue weighted by Crippen LogP contribution is -2.29. The standard InChI is InChI=1S/C38H73O10P/c1-3-5-7-9-11-13-15-17-19-21-23-25-27-29-37(41)45-33-36(34-47-49(43,44)46-32-35(40)31-39)48-38(42)30-28-26-24-22-20-18-16-14-12-10-8-6-4-2/h14,16,35-36,39-40H,3-13,15,17-34H2,1-2H3,(H,43,44)/b16-14+/t35-,36+/m0/s1. The van der Waals surface area contributed by atoms with Crippen LogP contribution in [0.4, 0.5) is 0 Å². The van der Waals surface area contributed by atoms with Gasteiger partial charge < -0.3 is 24.6 Å². The fraction of sp³-hybridized carbons (Fsp3) is 0.895. The lowest BCUT2D eigenvalue weighted by Gasteiger charge is -2.20. The highest BCUT2D eigenvalue weighted by atomic mass is 31.2. The van der Waals surface area contributed by atoms with Crippen LogP contribution in [0.3, 0.4) is 0 Å². The van der Waals surface area contributed by atoms with E-state index in [-0.39, 0.29) is 19.4 Å². The van der Waals surface area contributed by atoms with Gasteiger partial charge in [-0.3, -0.25) is 18.6 Å². The van der Waals surface area contributed by atoms with Crippen molar-refractivity contribution in [3.63, 3.8) is 0 Å². The van der Waals surface area contributed by atoms with Gasteiger partial charge >= 0.3 is 19.8 Å². The summed E-state index contributed by atoms with van der Waals surface area (Å²) in [6.45, 7) is 2.35. The molecule has 0 rings (SSSR count). The van der Waals surface area contributed by atoms with E-state index in [1.54, 1.807) is 0 Å². The summed E-state index contributed by atoms with van der Waals surface area (Å²) in [5.74, 6) is -0.929. The van der Waals surface area contributed by atoms with Gasteiger partial charge in [0.2, 0.25) is 0 Å². The number of ether oxygens (including phenoxy) is 2. The lowest BCUT2D eigenvalue weighted by atomic mass is 10.0. The smallest absolute Gasteiger partial charge is 0.462 e. The van der Waals surface area contributed by atoms with Gasteiger partial charge in [0.15, 0.2) is 6.10 Å². The molecule has 0 amide bonds. The zero-order chi connectivity index (χ0) is 36.3. The normalized spacial score (nSPS) is 14.1. The van der Waals surface area contributed by atoms with E-state index in [1.807, 2.05) is 0 Å². The fourth-order valence-electron chi connectivity index (χ4n) is 5.34. The first-order chi connectivity index (χ1) is 23.7. The van der Waals surface area contributed by atoms with E-state index in [4.69, 9.17) is 19.1 Å². The van der Waals surface area contributed by atoms with E-state index in [2.05, 4.69) is 30.5 Å². The van der Waals surface area contributed by atoms with Gasteiger partial charge in [-0.2, -0.15) is 0 Å². The van der Waals surface area contributed by atoms with Gasteiger partial charge in [-0.05, 0) is 38.5 Å². The summed E-state index contributed by atoms with van der Waals surface area (Å²) in [5, 5.41) is 18.3. The van der Waals surface area contributed by atoms with Crippen LogP contribution in [0.25, 0.3) is 0 Å². The summed E-state index contributed by atoms with van der Waals surface area (Å²) in [6.07, 6.45) is 30.3. The number of carbonyl (C=O) groups is 2. The maximum absolute atomic E-state index is 12.5. The first-order valence-electron chi connectivity index (χ1n) is 19.6. The Labute approximate surface area is 298 Å². The van der Waals surface area contributed by atoms with Crippen molar-refractivity contribution in [2.45, 2.75) is 193 Å². The molecule has 1 unspecified atom stereocenters. The van der Waals surface area contributed by atoms with Crippen molar-refractivity contribution in [2.24, 2.45) is 0 Å². The number of aliphatic hydroxyl groups is 2. The Kier molecular flexibility index (Phi) is 34.2. The third-order valence-electron chi connectivity index (χ3n) is 8.42. The Balaban J connectivity index is 4.35. The number of allylic oxidation sites excluding steroid dienone is 2. The van der Waals surface area contributed by atoms with E-state index < -0.39 is 51.8 Å². The van der Waals surface area contributed by atoms with Crippen molar-refractivity contribution < 1.29 is 47.8 Å². The van der Waals surface area contributed by atoms with Crippen molar-refractivity contribution in [1.82, 2.24) is 0 Å². The topological polar surface area (TPSA) is 149 Å². The maximum Gasteiger partial charge on any atom is 0.472 e. The third-order valence-corrected chi connectivity index (χ3v) is 9.37. The Morgan fingerprint density at radius 2 is 1.00 bits per heavy atom. The van der Waals surface area contributed by atoms with E-state index >= 15 is 0 Å². The first kappa shape index (κ1) is 47.7. The molecular weight excluding hydrogens is 647 g/mol. The van der Waals surface area contributed by atoms with Gasteiger partial charge in [0, 0.05) is 12.8 Å². The Bertz CT molecular complexity index is 837. The van der Waals surface area contributed by atoms with Gasteiger partial charge in [0.1, 0.15) is 12.7 Å². The summed E-state index contributed by atoms with van der Waals surface area (Å²) in [6, 6.07) is 0. The second kappa shape index (κ2) is 35.1. The second-order valence-corrected chi connectivity index (χ2v) is 14.8. The highest BCUT2D eigenvalue weighted by Gasteiger charge is 2.27. The van der Waals surface area contributed by atoms with Crippen molar-refractivity contribution in [1.29, 1.82) is 0 Å². The van der Waals surface area contributed by atoms with Crippen LogP contribution in [0.5, 0.6) is 0 Å². The monoisotopic (exact) mass is 720 g/mol. The van der Waals surface area contributed by atoms with Gasteiger partial charge in [-0.1, -0.05) is 142 Å². The number of esters is 2. The molecular formula is C38H73O10P. The van der Waals surface area contributed by atoms with Crippen LogP contribution in [-0.4, -0.2) is 65.7 Å². The zero-order valence-corrected chi connectivity index (χ0v) is 32.1. The number of rotatable bonds is 37. The molecule has 0 saturated carbocycles. The summed E-state index contributed by atoms with van der Waals surface area (Å²) in [7, 11) is -4.61. The van der Waals surface area contributed by atoms with Crippen molar-refractivity contribution >= 4 is 19.8 Å². The molecule has 0 radical (unpaired) electrons. The van der Waals surface area contributed by atoms with E-state index in [1.165, 1.54) is 83.5 Å². The van der Waals surface area contributed by atoms with Gasteiger partial charge in [-0.15, -0.1) is 0 Å². The molecule has 290 valence electrons. The predicted octanol–water partition coefficient (Wildman–Crippen LogP) is 9.67. The van der Waals surface area contributed by atoms with E-state index in [0.29, 0.717) is 12.8 Å². The quantitative estimate of drug-likeness (QED) is 0.0245. The van der Waals surface area contributed by atoms with Crippen LogP contribution in [0.1, 0.15) is 181 Å². The Morgan fingerprint density at radius 3 is 1.49 bits per heavy atom. The largest absolute Gasteiger partial charge is 0.472 e. The Hall–Kier alpha value is -1.29. The Morgan fingerprint density at radius 1 is 0.592 bits per heavy atom. The number of hydrogen-bond acceptors (Lipinski definition) is 9. The summed E-state index contributed by atoms with van der Waals surface area (Å²) < 4.78 is 32.6. The SMILES string of the molecule is CCCCCC/C=C/CCCCCCCC(=O)O[C@H](COC(=O)CCCCCCCCCCCCCCC)COP(=O)(O)OC[C@@H](O)CO. The molecule has 10 nitrogen and oxygen atoms in total. The molecule has 49 heavy (non-hydrogen) atoms. The highest BCUT2D eigenvalue weighted by molar-refractivity contribution is 7.47. The van der Waals surface area contributed by atoms with Crippen molar-refractivity contribution in [3.8, 4) is 0 Å². The summed E-state index contributed by atoms with van der Waals surface area (Å²) in [4.78, 5) is 34.8. The van der Waals surface area contributed by atoms with Crippen LogP contribution >= 0.6 is 7.82 Å². The zero-order valence-electron chi connectivity index (χ0n) is 31.2. The molecule has 0 spiro atoms. The average molecular weight is 721 g/mol. The number of carbonyl (C=O) groups excluding carboxylic acids is 2. The van der Waals surface area contributed by atoms with Gasteiger partial charge in [0.05, 0.1) is 19.8 Å². The second-order valence-electron chi connectivity index (χ2n) is 13.3. The molecule has 0 bridgehead atoms. The van der Waals surface area contributed by atoms with E-state index in [0.717, 1.165) is 57.8 Å². The molecule has 0 saturated heterocycles. The van der Waals surface area contributed by atoms with Crippen LogP contribution in [0, 0.1) is 0 Å². The van der Waals surface area contributed by atoms with Crippen LogP contribution in [0.2, 0.25) is 0 Å². The summed E-state index contributed by atoms with van der Waals surface area (Å²) >= 11 is 0. The van der Waals surface area contributed by atoms with Crippen LogP contribution in [-0.2, 0) is 32.7 Å². The van der Waals surface area contributed by atoms with Crippen molar-refractivity contribution in [3.05, 3.63) is 12.2 Å². The predicted molar refractivity (Wildman–Crippen MR) is 196 cm³/mol. The molecule has 3 N–H and O–H groups in total. The minimum atomic E-state index is -4.61. The molecule has 0 aliphatic carbocycles. The van der Waals surface area contributed by atoms with Gasteiger partial charge in [0.25, 0.3) is 0 Å². The van der Waals surface area contributed by atoms with Crippen molar-refractivity contribution in [2.75, 3.05) is 26.4 Å². The lowest BCUT2D eigenvalue weighted by molar-refractivity contribution is -0.161. The number of hydrogen-bond donors (Lipinski definition) is 3. The third kappa shape index (κ3) is 34.9.